The summed E-state index contributed by atoms with van der Waals surface area (Å²) < 4.78 is 24.1. The molecule has 0 spiro atoms. The minimum absolute atomic E-state index is 0.157. The number of aryl methyl sites for hydroxylation is 2. The van der Waals surface area contributed by atoms with Gasteiger partial charge in [-0.2, -0.15) is 0 Å². The molecule has 1 aliphatic heterocycles. The van der Waals surface area contributed by atoms with Crippen LogP contribution in [0, 0.1) is 19.7 Å². The molecule has 0 saturated carbocycles. The molecule has 2 aromatic carbocycles. The molecule has 5 nitrogen and oxygen atoms in total. The number of nitrogens with zero attached hydrogens (tertiary/aromatic N) is 2. The van der Waals surface area contributed by atoms with Crippen molar-refractivity contribution in [2.45, 2.75) is 32.8 Å². The maximum Gasteiger partial charge on any atom is 0.276 e. The van der Waals surface area contributed by atoms with Gasteiger partial charge in [-0.3, -0.25) is 4.79 Å². The number of carbonyl (C=O) groups is 1. The topological polar surface area (TPSA) is 55.6 Å². The van der Waals surface area contributed by atoms with Crippen LogP contribution in [0.15, 0.2) is 53.1 Å². The van der Waals surface area contributed by atoms with E-state index < -0.39 is 0 Å². The molecule has 1 aromatic heterocycles. The van der Waals surface area contributed by atoms with Crippen molar-refractivity contribution in [3.63, 3.8) is 0 Å². The molecule has 1 fully saturated rings. The van der Waals surface area contributed by atoms with E-state index in [1.807, 2.05) is 32.0 Å². The summed E-state index contributed by atoms with van der Waals surface area (Å²) in [7, 11) is 0. The Morgan fingerprint density at radius 2 is 1.97 bits per heavy atom. The van der Waals surface area contributed by atoms with Crippen molar-refractivity contribution < 1.29 is 18.4 Å². The van der Waals surface area contributed by atoms with Crippen molar-refractivity contribution in [1.82, 2.24) is 10.1 Å². The molecular formula is C23H23FN2O3. The molecule has 6 heteroatoms. The third-order valence-corrected chi connectivity index (χ3v) is 5.45. The first-order valence-corrected chi connectivity index (χ1v) is 9.70. The Balaban J connectivity index is 1.35. The largest absolute Gasteiger partial charge is 0.486 e. The fourth-order valence-corrected chi connectivity index (χ4v) is 3.55. The van der Waals surface area contributed by atoms with Crippen LogP contribution in [0.2, 0.25) is 0 Å². The molecule has 2 heterocycles. The zero-order valence-corrected chi connectivity index (χ0v) is 16.5. The van der Waals surface area contributed by atoms with Gasteiger partial charge in [-0.1, -0.05) is 23.4 Å². The van der Waals surface area contributed by atoms with Gasteiger partial charge < -0.3 is 14.2 Å². The number of rotatable bonds is 5. The maximum atomic E-state index is 13.1. The normalized spacial score (nSPS) is 16.2. The van der Waals surface area contributed by atoms with Gasteiger partial charge in [0.1, 0.15) is 18.2 Å². The Kier molecular flexibility index (Phi) is 5.34. The smallest absolute Gasteiger partial charge is 0.276 e. The van der Waals surface area contributed by atoms with E-state index in [2.05, 4.69) is 5.16 Å². The Labute approximate surface area is 169 Å². The van der Waals surface area contributed by atoms with Crippen LogP contribution >= 0.6 is 0 Å². The van der Waals surface area contributed by atoms with Crippen LogP contribution in [-0.4, -0.2) is 29.1 Å². The first kappa shape index (κ1) is 19.2. The first-order valence-electron chi connectivity index (χ1n) is 9.70. The zero-order valence-electron chi connectivity index (χ0n) is 16.5. The number of benzene rings is 2. The number of carbonyl (C=O) groups excluding carboxylic acids is 1. The molecule has 150 valence electrons. The highest BCUT2D eigenvalue weighted by Crippen LogP contribution is 2.28. The number of halogens is 1. The summed E-state index contributed by atoms with van der Waals surface area (Å²) in [5, 5.41) is 3.92. The van der Waals surface area contributed by atoms with Gasteiger partial charge in [0.05, 0.1) is 0 Å². The van der Waals surface area contributed by atoms with Gasteiger partial charge in [0.2, 0.25) is 0 Å². The third-order valence-electron chi connectivity index (χ3n) is 5.45. The monoisotopic (exact) mass is 394 g/mol. The van der Waals surface area contributed by atoms with E-state index >= 15 is 0 Å². The number of hydrogen-bond donors (Lipinski definition) is 0. The average molecular weight is 394 g/mol. The van der Waals surface area contributed by atoms with Gasteiger partial charge in [0, 0.05) is 25.1 Å². The van der Waals surface area contributed by atoms with Crippen molar-refractivity contribution in [1.29, 1.82) is 0 Å². The molecule has 1 amide bonds. The first-order chi connectivity index (χ1) is 14.0. The van der Waals surface area contributed by atoms with E-state index in [9.17, 15) is 9.18 Å². The minimum Gasteiger partial charge on any atom is -0.486 e. The van der Waals surface area contributed by atoms with E-state index in [0.29, 0.717) is 18.8 Å². The number of aromatic nitrogens is 1. The Hall–Kier alpha value is -3.15. The van der Waals surface area contributed by atoms with Gasteiger partial charge in [-0.25, -0.2) is 4.39 Å². The van der Waals surface area contributed by atoms with Crippen molar-refractivity contribution in [3.8, 4) is 5.75 Å². The predicted octanol–water partition coefficient (Wildman–Crippen LogP) is 4.64. The lowest BCUT2D eigenvalue weighted by atomic mass is 9.99. The van der Waals surface area contributed by atoms with Crippen LogP contribution in [-0.2, 0) is 6.61 Å². The second-order valence-corrected chi connectivity index (χ2v) is 7.50. The highest BCUT2D eigenvalue weighted by atomic mass is 19.1. The van der Waals surface area contributed by atoms with Crippen molar-refractivity contribution in [3.05, 3.63) is 82.5 Å². The number of likely N-dealkylation sites (tertiary alicyclic amines) is 1. The molecule has 3 aromatic rings. The SMILES string of the molecule is Cc1ccc(OCc2cc(C(=O)N3CCC(c4ccc(F)cc4)C3)no2)cc1C. The second-order valence-electron chi connectivity index (χ2n) is 7.50. The summed E-state index contributed by atoms with van der Waals surface area (Å²) in [5.74, 6) is 1.05. The summed E-state index contributed by atoms with van der Waals surface area (Å²) in [6.07, 6.45) is 0.845. The van der Waals surface area contributed by atoms with Gasteiger partial charge in [-0.15, -0.1) is 0 Å². The molecule has 0 N–H and O–H groups in total. The summed E-state index contributed by atoms with van der Waals surface area (Å²) in [6, 6.07) is 14.0. The Bertz CT molecular complexity index is 1010. The van der Waals surface area contributed by atoms with Gasteiger partial charge in [0.25, 0.3) is 5.91 Å². The Morgan fingerprint density at radius 3 is 2.72 bits per heavy atom. The van der Waals surface area contributed by atoms with Crippen LogP contribution in [0.4, 0.5) is 4.39 Å². The summed E-state index contributed by atoms with van der Waals surface area (Å²) in [5.41, 5.74) is 3.68. The van der Waals surface area contributed by atoms with Crippen molar-refractivity contribution in [2.75, 3.05) is 13.1 Å². The predicted molar refractivity (Wildman–Crippen MR) is 106 cm³/mol. The summed E-state index contributed by atoms with van der Waals surface area (Å²) in [6.45, 7) is 5.52. The summed E-state index contributed by atoms with van der Waals surface area (Å²) >= 11 is 0. The molecule has 1 unspecified atom stereocenters. The zero-order chi connectivity index (χ0) is 20.4. The maximum absolute atomic E-state index is 13.1. The number of amides is 1. The highest BCUT2D eigenvalue weighted by molar-refractivity contribution is 5.92. The summed E-state index contributed by atoms with van der Waals surface area (Å²) in [4.78, 5) is 14.5. The molecule has 4 rings (SSSR count). The lowest BCUT2D eigenvalue weighted by molar-refractivity contribution is 0.0780. The van der Waals surface area contributed by atoms with E-state index in [1.54, 1.807) is 23.1 Å². The van der Waals surface area contributed by atoms with E-state index in [0.717, 1.165) is 23.3 Å². The van der Waals surface area contributed by atoms with Crippen LogP contribution in [0.1, 0.15) is 45.3 Å². The van der Waals surface area contributed by atoms with Crippen LogP contribution in [0.5, 0.6) is 5.75 Å². The quantitative estimate of drug-likeness (QED) is 0.633. The lowest BCUT2D eigenvalue weighted by Gasteiger charge is -2.15. The lowest BCUT2D eigenvalue weighted by Crippen LogP contribution is -2.28. The molecule has 0 radical (unpaired) electrons. The molecule has 0 aliphatic carbocycles. The van der Waals surface area contributed by atoms with Crippen molar-refractivity contribution >= 4 is 5.91 Å². The minimum atomic E-state index is -0.252. The second kappa shape index (κ2) is 8.07. The van der Waals surface area contributed by atoms with E-state index in [-0.39, 0.29) is 29.9 Å². The number of hydrogen-bond acceptors (Lipinski definition) is 4. The van der Waals surface area contributed by atoms with Gasteiger partial charge >= 0.3 is 0 Å². The number of ether oxygens (including phenoxy) is 1. The average Bonchev–Trinajstić information content (AvgIpc) is 3.39. The fourth-order valence-electron chi connectivity index (χ4n) is 3.55. The van der Waals surface area contributed by atoms with Crippen LogP contribution in [0.25, 0.3) is 0 Å². The molecular weight excluding hydrogens is 371 g/mol. The molecule has 1 atom stereocenters. The molecule has 1 saturated heterocycles. The molecule has 0 bridgehead atoms. The Morgan fingerprint density at radius 1 is 1.17 bits per heavy atom. The van der Waals surface area contributed by atoms with Gasteiger partial charge in [0.15, 0.2) is 11.5 Å². The van der Waals surface area contributed by atoms with Gasteiger partial charge in [-0.05, 0) is 61.2 Å². The molecule has 29 heavy (non-hydrogen) atoms. The third kappa shape index (κ3) is 4.31. The van der Waals surface area contributed by atoms with Crippen LogP contribution < -0.4 is 4.74 Å². The fraction of sp³-hybridized carbons (Fsp3) is 0.304. The van der Waals surface area contributed by atoms with E-state index in [1.165, 1.54) is 17.7 Å². The van der Waals surface area contributed by atoms with Crippen LogP contribution in [0.3, 0.4) is 0 Å². The van der Waals surface area contributed by atoms with Crippen molar-refractivity contribution in [2.24, 2.45) is 0 Å². The standard InChI is InChI=1S/C23H23FN2O3/c1-15-3-8-20(11-16(15)2)28-14-21-12-22(25-29-21)23(27)26-10-9-18(13-26)17-4-6-19(24)7-5-17/h3-8,11-12,18H,9-10,13-14H2,1-2H3. The molecule has 1 aliphatic rings. The highest BCUT2D eigenvalue weighted by Gasteiger charge is 2.29. The van der Waals surface area contributed by atoms with E-state index in [4.69, 9.17) is 9.26 Å².